The minimum Gasteiger partial charge on any atom is -0.480 e. The molecule has 3 aromatic heterocycles. The molecule has 9 nitrogen and oxygen atoms in total. The Hall–Kier alpha value is -3.46. The van der Waals surface area contributed by atoms with Crippen molar-refractivity contribution in [3.05, 3.63) is 48.4 Å². The highest BCUT2D eigenvalue weighted by molar-refractivity contribution is 5.99. The van der Waals surface area contributed by atoms with E-state index in [1.807, 2.05) is 37.5 Å². The Bertz CT molecular complexity index is 1240. The minimum atomic E-state index is -0.0674. The highest BCUT2D eigenvalue weighted by atomic mass is 16.5. The Labute approximate surface area is 179 Å². The summed E-state index contributed by atoms with van der Waals surface area (Å²) >= 11 is 0. The van der Waals surface area contributed by atoms with Gasteiger partial charge < -0.3 is 15.4 Å². The molecule has 1 aliphatic carbocycles. The smallest absolute Gasteiger partial charge is 0.251 e. The molecular weight excluding hydrogens is 394 g/mol. The van der Waals surface area contributed by atoms with Crippen molar-refractivity contribution in [2.24, 2.45) is 0 Å². The lowest BCUT2D eigenvalue weighted by Gasteiger charge is -2.28. The molecule has 1 saturated carbocycles. The molecule has 4 aromatic rings. The van der Waals surface area contributed by atoms with Crippen molar-refractivity contribution >= 4 is 22.5 Å². The van der Waals surface area contributed by atoms with Gasteiger partial charge in [0.15, 0.2) is 5.65 Å². The highest BCUT2D eigenvalue weighted by Crippen LogP contribution is 2.30. The first kappa shape index (κ1) is 19.5. The van der Waals surface area contributed by atoms with Crippen molar-refractivity contribution in [1.82, 2.24) is 35.0 Å². The van der Waals surface area contributed by atoms with E-state index in [-0.39, 0.29) is 11.9 Å². The zero-order chi connectivity index (χ0) is 21.4. The average Bonchev–Trinajstić information content (AvgIpc) is 3.39. The maximum atomic E-state index is 12.9. The lowest BCUT2D eigenvalue weighted by atomic mass is 9.91. The van der Waals surface area contributed by atoms with Crippen LogP contribution >= 0.6 is 0 Å². The van der Waals surface area contributed by atoms with E-state index in [9.17, 15) is 4.79 Å². The van der Waals surface area contributed by atoms with Crippen LogP contribution in [0.15, 0.2) is 42.9 Å². The van der Waals surface area contributed by atoms with Gasteiger partial charge in [0.1, 0.15) is 5.69 Å². The van der Waals surface area contributed by atoms with Crippen molar-refractivity contribution in [1.29, 1.82) is 0 Å². The molecule has 1 aromatic carbocycles. The molecule has 1 amide bonds. The molecule has 160 valence electrons. The predicted molar refractivity (Wildman–Crippen MR) is 117 cm³/mol. The van der Waals surface area contributed by atoms with E-state index < -0.39 is 0 Å². The number of carbonyl (C=O) groups is 1. The van der Waals surface area contributed by atoms with Gasteiger partial charge >= 0.3 is 0 Å². The molecule has 0 atom stereocenters. The number of carbonyl (C=O) groups excluding carboxylic acids is 1. The van der Waals surface area contributed by atoms with Crippen molar-refractivity contribution < 1.29 is 9.53 Å². The van der Waals surface area contributed by atoms with Gasteiger partial charge in [-0.05, 0) is 57.0 Å². The number of rotatable bonds is 5. The fraction of sp³-hybridized carbons (Fsp3) is 0.364. The molecule has 0 saturated heterocycles. The first-order valence-electron chi connectivity index (χ1n) is 10.5. The minimum absolute atomic E-state index is 0.0674. The molecule has 2 N–H and O–H groups in total. The first-order valence-corrected chi connectivity index (χ1v) is 10.5. The fourth-order valence-corrected chi connectivity index (χ4v) is 4.32. The van der Waals surface area contributed by atoms with E-state index >= 15 is 0 Å². The fourth-order valence-electron chi connectivity index (χ4n) is 4.32. The molecule has 0 bridgehead atoms. The third-order valence-corrected chi connectivity index (χ3v) is 6.04. The number of nitrogens with zero attached hydrogens (tertiary/aromatic N) is 5. The summed E-state index contributed by atoms with van der Waals surface area (Å²) in [5.74, 6) is 0.474. The molecule has 1 aliphatic rings. The molecule has 0 unspecified atom stereocenters. The molecule has 31 heavy (non-hydrogen) atoms. The number of benzene rings is 1. The first-order chi connectivity index (χ1) is 15.2. The largest absolute Gasteiger partial charge is 0.480 e. The summed E-state index contributed by atoms with van der Waals surface area (Å²) in [5, 5.41) is 16.3. The van der Waals surface area contributed by atoms with Crippen molar-refractivity contribution in [3.63, 3.8) is 0 Å². The number of amides is 1. The van der Waals surface area contributed by atoms with Gasteiger partial charge in [0.2, 0.25) is 5.88 Å². The number of hydrogen-bond donors (Lipinski definition) is 2. The van der Waals surface area contributed by atoms with Crippen LogP contribution in [0.1, 0.15) is 36.0 Å². The van der Waals surface area contributed by atoms with E-state index in [4.69, 9.17) is 4.74 Å². The van der Waals surface area contributed by atoms with Crippen LogP contribution in [-0.4, -0.2) is 56.5 Å². The number of fused-ring (bicyclic) bond motifs is 2. The Morgan fingerprint density at radius 2 is 2.00 bits per heavy atom. The third-order valence-electron chi connectivity index (χ3n) is 6.04. The van der Waals surface area contributed by atoms with Gasteiger partial charge in [-0.2, -0.15) is 14.9 Å². The van der Waals surface area contributed by atoms with E-state index in [2.05, 4.69) is 25.8 Å². The predicted octanol–water partition coefficient (Wildman–Crippen LogP) is 2.34. The molecule has 0 aliphatic heterocycles. The maximum absolute atomic E-state index is 12.9. The van der Waals surface area contributed by atoms with Crippen LogP contribution < -0.4 is 15.4 Å². The summed E-state index contributed by atoms with van der Waals surface area (Å²) in [7, 11) is 3.59. The summed E-state index contributed by atoms with van der Waals surface area (Å²) in [4.78, 5) is 17.3. The van der Waals surface area contributed by atoms with Gasteiger partial charge in [-0.3, -0.25) is 4.79 Å². The second-order valence-corrected chi connectivity index (χ2v) is 7.88. The molecule has 1 fully saturated rings. The lowest BCUT2D eigenvalue weighted by molar-refractivity contribution is 0.0925. The van der Waals surface area contributed by atoms with Crippen LogP contribution in [0.5, 0.6) is 5.88 Å². The standard InChI is InChI=1S/C22H25N7O2/c1-23-15-5-7-16(8-6-15)26-21(30)14-4-9-18-17(12-14)22(31-2)29(27-18)19-13-25-28-11-3-10-24-20(19)28/h3-4,9-13,15-16,23H,5-8H2,1-2H3,(H,26,30). The van der Waals surface area contributed by atoms with Gasteiger partial charge in [-0.25, -0.2) is 9.50 Å². The highest BCUT2D eigenvalue weighted by Gasteiger charge is 2.23. The molecule has 9 heteroatoms. The van der Waals surface area contributed by atoms with Crippen LogP contribution in [0.2, 0.25) is 0 Å². The molecular formula is C22H25N7O2. The van der Waals surface area contributed by atoms with Gasteiger partial charge in [-0.15, -0.1) is 0 Å². The second kappa shape index (κ2) is 7.99. The Kier molecular flexibility index (Phi) is 5.03. The average molecular weight is 419 g/mol. The Morgan fingerprint density at radius 3 is 2.77 bits per heavy atom. The van der Waals surface area contributed by atoms with Crippen molar-refractivity contribution in [2.45, 2.75) is 37.8 Å². The van der Waals surface area contributed by atoms with Crippen LogP contribution in [0.3, 0.4) is 0 Å². The molecule has 3 heterocycles. The van der Waals surface area contributed by atoms with Gasteiger partial charge in [0, 0.05) is 30.0 Å². The second-order valence-electron chi connectivity index (χ2n) is 7.88. The van der Waals surface area contributed by atoms with Crippen molar-refractivity contribution in [2.75, 3.05) is 14.2 Å². The van der Waals surface area contributed by atoms with Gasteiger partial charge in [0.25, 0.3) is 5.91 Å². The lowest BCUT2D eigenvalue weighted by Crippen LogP contribution is -2.41. The molecule has 0 radical (unpaired) electrons. The third kappa shape index (κ3) is 3.50. The topological polar surface area (TPSA) is 98.4 Å². The maximum Gasteiger partial charge on any atom is 0.251 e. The summed E-state index contributed by atoms with van der Waals surface area (Å²) in [6.45, 7) is 0. The van der Waals surface area contributed by atoms with E-state index in [0.717, 1.165) is 36.6 Å². The van der Waals surface area contributed by atoms with E-state index in [1.54, 1.807) is 28.7 Å². The van der Waals surface area contributed by atoms with Crippen LogP contribution in [0, 0.1) is 0 Å². The summed E-state index contributed by atoms with van der Waals surface area (Å²) in [6, 6.07) is 8.07. The normalized spacial score (nSPS) is 19.0. The SMILES string of the molecule is CNC1CCC(NC(=O)c2ccc3nn(-c4cnn5cccnc45)c(OC)c3c2)CC1. The summed E-state index contributed by atoms with van der Waals surface area (Å²) in [6.07, 6.45) is 9.37. The number of nitrogens with one attached hydrogen (secondary N) is 2. The van der Waals surface area contributed by atoms with Crippen LogP contribution in [0.4, 0.5) is 0 Å². The zero-order valence-corrected chi connectivity index (χ0v) is 17.6. The van der Waals surface area contributed by atoms with E-state index in [0.29, 0.717) is 28.8 Å². The quantitative estimate of drug-likeness (QED) is 0.515. The van der Waals surface area contributed by atoms with E-state index in [1.165, 1.54) is 0 Å². The number of methoxy groups -OCH3 is 1. The number of ether oxygens (including phenoxy) is 1. The monoisotopic (exact) mass is 419 g/mol. The summed E-state index contributed by atoms with van der Waals surface area (Å²) in [5.41, 5.74) is 2.71. The Balaban J connectivity index is 1.45. The molecule has 5 rings (SSSR count). The van der Waals surface area contributed by atoms with Crippen LogP contribution in [-0.2, 0) is 0 Å². The van der Waals surface area contributed by atoms with Gasteiger partial charge in [0.05, 0.1) is 24.2 Å². The zero-order valence-electron chi connectivity index (χ0n) is 17.6. The number of aromatic nitrogens is 5. The van der Waals surface area contributed by atoms with Crippen LogP contribution in [0.25, 0.3) is 22.2 Å². The molecule has 0 spiro atoms. The van der Waals surface area contributed by atoms with Gasteiger partial charge in [-0.1, -0.05) is 0 Å². The number of hydrogen-bond acceptors (Lipinski definition) is 6. The summed E-state index contributed by atoms with van der Waals surface area (Å²) < 4.78 is 9.04. The van der Waals surface area contributed by atoms with Crippen molar-refractivity contribution in [3.8, 4) is 11.6 Å². The Morgan fingerprint density at radius 1 is 1.19 bits per heavy atom.